The fourth-order valence-electron chi connectivity index (χ4n) is 1.04. The lowest BCUT2D eigenvalue weighted by Gasteiger charge is -2.10. The highest BCUT2D eigenvalue weighted by Gasteiger charge is 2.14. The van der Waals surface area contributed by atoms with Crippen molar-refractivity contribution in [2.75, 3.05) is 0 Å². The highest BCUT2D eigenvalue weighted by molar-refractivity contribution is 5.82. The fraction of sp³-hybridized carbons (Fsp3) is 0.375. The Hall–Kier alpha value is -1.45. The summed E-state index contributed by atoms with van der Waals surface area (Å²) < 4.78 is 1.64. The maximum Gasteiger partial charge on any atom is 0.153 e. The number of Topliss-reactive ketones (excluding diaryl/α,β-unsaturated/α-hetero) is 1. The molecule has 0 saturated carbocycles. The van der Waals surface area contributed by atoms with Gasteiger partial charge in [-0.15, -0.1) is 0 Å². The molecule has 0 aliphatic carbocycles. The molecule has 0 aromatic carbocycles. The Labute approximate surface area is 70.2 Å². The van der Waals surface area contributed by atoms with E-state index in [0.29, 0.717) is 0 Å². The number of imidazole rings is 1. The van der Waals surface area contributed by atoms with Crippen LogP contribution in [-0.4, -0.2) is 21.6 Å². The summed E-state index contributed by atoms with van der Waals surface area (Å²) in [6, 6.07) is -0.384. The van der Waals surface area contributed by atoms with Crippen LogP contribution in [0.25, 0.3) is 0 Å². The van der Waals surface area contributed by atoms with Crippen molar-refractivity contribution in [2.24, 2.45) is 0 Å². The fourth-order valence-corrected chi connectivity index (χ4v) is 1.04. The highest BCUT2D eigenvalue weighted by Crippen LogP contribution is 2.09. The van der Waals surface area contributed by atoms with E-state index in [1.807, 2.05) is 0 Å². The molecule has 0 aliphatic rings. The summed E-state index contributed by atoms with van der Waals surface area (Å²) in [6.07, 6.45) is 5.75. The third kappa shape index (κ3) is 1.78. The minimum Gasteiger partial charge on any atom is -0.327 e. The third-order valence-corrected chi connectivity index (χ3v) is 1.67. The van der Waals surface area contributed by atoms with Gasteiger partial charge in [0.1, 0.15) is 6.29 Å². The van der Waals surface area contributed by atoms with Gasteiger partial charge in [-0.25, -0.2) is 4.98 Å². The normalized spacial score (nSPS) is 12.4. The van der Waals surface area contributed by atoms with Crippen molar-refractivity contribution < 1.29 is 9.59 Å². The van der Waals surface area contributed by atoms with Crippen LogP contribution in [0.2, 0.25) is 0 Å². The predicted octanol–water partition coefficient (Wildman–Crippen LogP) is 0.602. The van der Waals surface area contributed by atoms with Gasteiger partial charge in [0.25, 0.3) is 0 Å². The number of carbonyl (C=O) groups is 2. The average Bonchev–Trinajstić information content (AvgIpc) is 2.51. The summed E-state index contributed by atoms with van der Waals surface area (Å²) in [5.74, 6) is -0.0277. The number of hydrogen-bond acceptors (Lipinski definition) is 3. The second-order valence-corrected chi connectivity index (χ2v) is 2.54. The van der Waals surface area contributed by atoms with E-state index in [-0.39, 0.29) is 18.2 Å². The molecule has 0 aliphatic heterocycles. The number of carbonyl (C=O) groups excluding carboxylic acids is 2. The van der Waals surface area contributed by atoms with Gasteiger partial charge in [0.15, 0.2) is 5.78 Å². The van der Waals surface area contributed by atoms with Crippen LogP contribution in [0.5, 0.6) is 0 Å². The first-order chi connectivity index (χ1) is 5.75. The van der Waals surface area contributed by atoms with Gasteiger partial charge in [-0.05, 0) is 6.92 Å². The number of aldehydes is 1. The smallest absolute Gasteiger partial charge is 0.153 e. The number of rotatable bonds is 4. The first kappa shape index (κ1) is 8.64. The second-order valence-electron chi connectivity index (χ2n) is 2.54. The zero-order chi connectivity index (χ0) is 8.97. The molecule has 0 spiro atoms. The number of aromatic nitrogens is 2. The quantitative estimate of drug-likeness (QED) is 0.615. The monoisotopic (exact) mass is 166 g/mol. The van der Waals surface area contributed by atoms with Crippen LogP contribution in [0.1, 0.15) is 19.4 Å². The van der Waals surface area contributed by atoms with E-state index in [9.17, 15) is 9.59 Å². The first-order valence-corrected chi connectivity index (χ1v) is 3.67. The van der Waals surface area contributed by atoms with Crippen LogP contribution in [-0.2, 0) is 9.59 Å². The predicted molar refractivity (Wildman–Crippen MR) is 42.6 cm³/mol. The van der Waals surface area contributed by atoms with Crippen LogP contribution in [0, 0.1) is 0 Å². The van der Waals surface area contributed by atoms with E-state index in [1.165, 1.54) is 13.3 Å². The van der Waals surface area contributed by atoms with E-state index < -0.39 is 0 Å². The molecular weight excluding hydrogens is 156 g/mol. The van der Waals surface area contributed by atoms with Gasteiger partial charge in [-0.3, -0.25) is 4.79 Å². The maximum absolute atomic E-state index is 11.0. The second kappa shape index (κ2) is 3.80. The number of hydrogen-bond donors (Lipinski definition) is 0. The highest BCUT2D eigenvalue weighted by atomic mass is 16.1. The van der Waals surface area contributed by atoms with Gasteiger partial charge in [0.2, 0.25) is 0 Å². The van der Waals surface area contributed by atoms with Crippen molar-refractivity contribution in [1.29, 1.82) is 0 Å². The number of nitrogens with zero attached hydrogens (tertiary/aromatic N) is 2. The van der Waals surface area contributed by atoms with Crippen molar-refractivity contribution in [1.82, 2.24) is 9.55 Å². The van der Waals surface area contributed by atoms with Crippen LogP contribution >= 0.6 is 0 Å². The Kier molecular flexibility index (Phi) is 2.74. The Morgan fingerprint density at radius 2 is 2.50 bits per heavy atom. The van der Waals surface area contributed by atoms with Gasteiger partial charge in [0, 0.05) is 18.8 Å². The zero-order valence-electron chi connectivity index (χ0n) is 6.80. The lowest BCUT2D eigenvalue weighted by Crippen LogP contribution is -2.15. The van der Waals surface area contributed by atoms with E-state index in [2.05, 4.69) is 4.98 Å². The summed E-state index contributed by atoms with van der Waals surface area (Å²) in [7, 11) is 0. The molecule has 0 N–H and O–H groups in total. The third-order valence-electron chi connectivity index (χ3n) is 1.67. The van der Waals surface area contributed by atoms with Gasteiger partial charge in [-0.1, -0.05) is 0 Å². The van der Waals surface area contributed by atoms with Crippen LogP contribution in [0.15, 0.2) is 18.7 Å². The molecule has 1 aromatic heterocycles. The summed E-state index contributed by atoms with van der Waals surface area (Å²) in [5.41, 5.74) is 0. The van der Waals surface area contributed by atoms with Gasteiger partial charge in [-0.2, -0.15) is 0 Å². The Morgan fingerprint density at radius 1 is 1.75 bits per heavy atom. The molecule has 1 heterocycles. The minimum atomic E-state index is -0.384. The van der Waals surface area contributed by atoms with E-state index >= 15 is 0 Å². The molecule has 0 radical (unpaired) electrons. The molecule has 0 saturated heterocycles. The molecule has 1 atom stereocenters. The molecule has 4 heteroatoms. The molecular formula is C8H10N2O2. The van der Waals surface area contributed by atoms with Gasteiger partial charge < -0.3 is 9.36 Å². The van der Waals surface area contributed by atoms with E-state index in [0.717, 1.165) is 6.29 Å². The standard InChI is InChI=1S/C8H10N2O2/c1-7(12)8(2-5-11)10-4-3-9-6-10/h3-6,8H,2H2,1H3. The molecule has 0 bridgehead atoms. The lowest BCUT2D eigenvalue weighted by molar-refractivity contribution is -0.122. The summed E-state index contributed by atoms with van der Waals surface area (Å²) in [5, 5.41) is 0. The van der Waals surface area contributed by atoms with Gasteiger partial charge >= 0.3 is 0 Å². The van der Waals surface area contributed by atoms with Crippen LogP contribution < -0.4 is 0 Å². The molecule has 1 rings (SSSR count). The maximum atomic E-state index is 11.0. The minimum absolute atomic E-state index is 0.0277. The van der Waals surface area contributed by atoms with Crippen molar-refractivity contribution in [3.8, 4) is 0 Å². The topological polar surface area (TPSA) is 52.0 Å². The Balaban J connectivity index is 2.80. The average molecular weight is 166 g/mol. The molecule has 0 amide bonds. The van der Waals surface area contributed by atoms with Crippen molar-refractivity contribution in [2.45, 2.75) is 19.4 Å². The Morgan fingerprint density at radius 3 is 2.92 bits per heavy atom. The molecule has 1 aromatic rings. The summed E-state index contributed by atoms with van der Waals surface area (Å²) in [6.45, 7) is 1.47. The first-order valence-electron chi connectivity index (χ1n) is 3.67. The molecule has 4 nitrogen and oxygen atoms in total. The molecule has 64 valence electrons. The summed E-state index contributed by atoms with van der Waals surface area (Å²) >= 11 is 0. The number of ketones is 1. The lowest BCUT2D eigenvalue weighted by atomic mass is 10.1. The van der Waals surface area contributed by atoms with E-state index in [4.69, 9.17) is 0 Å². The van der Waals surface area contributed by atoms with Gasteiger partial charge in [0.05, 0.1) is 12.4 Å². The van der Waals surface area contributed by atoms with Crippen molar-refractivity contribution in [3.05, 3.63) is 18.7 Å². The Bertz CT molecular complexity index is 267. The van der Waals surface area contributed by atoms with Crippen LogP contribution in [0.3, 0.4) is 0 Å². The van der Waals surface area contributed by atoms with E-state index in [1.54, 1.807) is 17.0 Å². The van der Waals surface area contributed by atoms with Crippen LogP contribution in [0.4, 0.5) is 0 Å². The largest absolute Gasteiger partial charge is 0.327 e. The van der Waals surface area contributed by atoms with Crippen molar-refractivity contribution in [3.63, 3.8) is 0 Å². The molecule has 1 unspecified atom stereocenters. The van der Waals surface area contributed by atoms with Crippen molar-refractivity contribution >= 4 is 12.1 Å². The SMILES string of the molecule is CC(=O)C(CC=O)n1ccnc1. The summed E-state index contributed by atoms with van der Waals surface area (Å²) in [4.78, 5) is 25.1. The molecule has 12 heavy (non-hydrogen) atoms. The zero-order valence-corrected chi connectivity index (χ0v) is 6.80. The molecule has 0 fully saturated rings.